The molecule has 8 aliphatic carbocycles. The predicted octanol–water partition coefficient (Wildman–Crippen LogP) is 12.2. The van der Waals surface area contributed by atoms with Crippen molar-refractivity contribution < 1.29 is 0 Å². The summed E-state index contributed by atoms with van der Waals surface area (Å²) in [7, 11) is 0. The van der Waals surface area contributed by atoms with Crippen LogP contribution in [0.15, 0.2) is 0 Å². The lowest BCUT2D eigenvalue weighted by Crippen LogP contribution is -2.54. The van der Waals surface area contributed by atoms with Crippen LogP contribution in [-0.2, 0) is 0 Å². The molecule has 218 valence electrons. The van der Waals surface area contributed by atoms with Crippen molar-refractivity contribution in [2.75, 3.05) is 0 Å². The van der Waals surface area contributed by atoms with Crippen molar-refractivity contribution in [2.45, 2.75) is 166 Å². The van der Waals surface area contributed by atoms with Crippen molar-refractivity contribution in [2.24, 2.45) is 69.5 Å². The van der Waals surface area contributed by atoms with Crippen LogP contribution in [-0.4, -0.2) is 0 Å². The van der Waals surface area contributed by atoms with Gasteiger partial charge in [0.25, 0.3) is 0 Å². The molecular formula is C37H70. The quantitative estimate of drug-likeness (QED) is 0.342. The molecule has 0 heterocycles. The molecule has 0 nitrogen and oxygen atoms in total. The summed E-state index contributed by atoms with van der Waals surface area (Å²) in [6, 6.07) is 0. The molecule has 0 aromatic rings. The zero-order valence-corrected chi connectivity index (χ0v) is 27.6. The van der Waals surface area contributed by atoms with Crippen LogP contribution in [0.4, 0.5) is 0 Å². The highest BCUT2D eigenvalue weighted by molar-refractivity contribution is 5.12. The third kappa shape index (κ3) is 8.49. The maximum atomic E-state index is 2.40. The van der Waals surface area contributed by atoms with E-state index in [1.807, 2.05) is 0 Å². The molecule has 1 spiro atoms. The van der Waals surface area contributed by atoms with Crippen LogP contribution in [0.25, 0.3) is 0 Å². The Morgan fingerprint density at radius 2 is 1.00 bits per heavy atom. The normalized spacial score (nSPS) is 32.8. The van der Waals surface area contributed by atoms with Crippen LogP contribution < -0.4 is 0 Å². The van der Waals surface area contributed by atoms with E-state index in [0.717, 1.165) is 69.5 Å². The van der Waals surface area contributed by atoms with Gasteiger partial charge in [-0.2, -0.15) is 0 Å². The Morgan fingerprint density at radius 3 is 1.03 bits per heavy atom. The highest BCUT2D eigenvalue weighted by Gasteiger charge is 2.63. The fourth-order valence-electron chi connectivity index (χ4n) is 7.49. The van der Waals surface area contributed by atoms with E-state index in [0.29, 0.717) is 0 Å². The van der Waals surface area contributed by atoms with E-state index < -0.39 is 0 Å². The zero-order valence-electron chi connectivity index (χ0n) is 27.6. The fourth-order valence-corrected chi connectivity index (χ4v) is 7.49. The summed E-state index contributed by atoms with van der Waals surface area (Å²) >= 11 is 0. The first-order valence-electron chi connectivity index (χ1n) is 17.2. The molecule has 0 N–H and O–H groups in total. The minimum absolute atomic E-state index is 0.722. The Labute approximate surface area is 235 Å². The van der Waals surface area contributed by atoms with Gasteiger partial charge in [-0.15, -0.1) is 0 Å². The van der Waals surface area contributed by atoms with Gasteiger partial charge in [-0.1, -0.05) is 102 Å². The van der Waals surface area contributed by atoms with E-state index in [2.05, 4.69) is 76.2 Å². The zero-order chi connectivity index (χ0) is 27.6. The third-order valence-electron chi connectivity index (χ3n) is 12.8. The summed E-state index contributed by atoms with van der Waals surface area (Å²) in [5.74, 6) is 9.23. The highest BCUT2D eigenvalue weighted by Crippen LogP contribution is 2.72. The third-order valence-corrected chi connectivity index (χ3v) is 12.8. The molecular weight excluding hydrogens is 444 g/mol. The number of rotatable bonds is 5. The van der Waals surface area contributed by atoms with E-state index in [9.17, 15) is 0 Å². The number of hydrogen-bond acceptors (Lipinski definition) is 0. The monoisotopic (exact) mass is 515 g/mol. The van der Waals surface area contributed by atoms with Crippen molar-refractivity contribution in [1.82, 2.24) is 0 Å². The summed E-state index contributed by atoms with van der Waals surface area (Å²) < 4.78 is 0. The molecule has 1 unspecified atom stereocenters. The highest BCUT2D eigenvalue weighted by atomic mass is 14.7. The lowest BCUT2D eigenvalue weighted by Gasteiger charge is -2.64. The average Bonchev–Trinajstić information content (AvgIpc) is 3.53. The molecule has 0 saturated heterocycles. The van der Waals surface area contributed by atoms with E-state index in [4.69, 9.17) is 0 Å². The summed E-state index contributed by atoms with van der Waals surface area (Å²) in [4.78, 5) is 0. The minimum atomic E-state index is 0.722. The molecule has 8 aliphatic rings. The van der Waals surface area contributed by atoms with Gasteiger partial charge in [0.05, 0.1) is 0 Å². The van der Waals surface area contributed by atoms with E-state index in [-0.39, 0.29) is 0 Å². The van der Waals surface area contributed by atoms with Gasteiger partial charge in [0.2, 0.25) is 0 Å². The molecule has 0 aliphatic heterocycles. The second-order valence-electron chi connectivity index (χ2n) is 17.1. The van der Waals surface area contributed by atoms with Crippen molar-refractivity contribution in [1.29, 1.82) is 0 Å². The molecule has 8 fully saturated rings. The van der Waals surface area contributed by atoms with Gasteiger partial charge in [-0.05, 0) is 134 Å². The standard InChI is InChI=1S/2C8H14.C8H16.C7H14.C6H12/c1-6(2)8-3-7(4-8)5-8;1-6(2)7-5-8(7)3-4-8;1-7(2)8(3)5-4-6-8;1-6(2)7-4-3-5-7;1-5(2)6-3-4-6/h2*6-7H,3-5H2,1-2H3;7H,4-6H2,1-3H3;6-7H,3-5H2,1-2H3;5-6H,3-4H2,1-2H3. The van der Waals surface area contributed by atoms with Crippen LogP contribution in [0.1, 0.15) is 166 Å². The summed E-state index contributed by atoms with van der Waals surface area (Å²) in [6.45, 7) is 25.8. The smallest absolute Gasteiger partial charge is 0.0263 e. The first kappa shape index (κ1) is 31.5. The Hall–Kier alpha value is 0. The number of hydrogen-bond donors (Lipinski definition) is 0. The van der Waals surface area contributed by atoms with Crippen molar-refractivity contribution in [3.63, 3.8) is 0 Å². The topological polar surface area (TPSA) is 0 Å². The Bertz CT molecular complexity index is 631. The van der Waals surface area contributed by atoms with Crippen LogP contribution in [0.2, 0.25) is 0 Å². The molecule has 0 radical (unpaired) electrons. The molecule has 2 bridgehead atoms. The van der Waals surface area contributed by atoms with Crippen LogP contribution in [0.3, 0.4) is 0 Å². The maximum absolute atomic E-state index is 2.40. The summed E-state index contributed by atoms with van der Waals surface area (Å²) in [5, 5.41) is 0. The van der Waals surface area contributed by atoms with Gasteiger partial charge in [0, 0.05) is 0 Å². The molecule has 1 atom stereocenters. The van der Waals surface area contributed by atoms with Crippen molar-refractivity contribution >= 4 is 0 Å². The fraction of sp³-hybridized carbons (Fsp3) is 1.00. The maximum Gasteiger partial charge on any atom is -0.0263 e. The van der Waals surface area contributed by atoms with Gasteiger partial charge in [0.15, 0.2) is 0 Å². The van der Waals surface area contributed by atoms with Crippen molar-refractivity contribution in [3.05, 3.63) is 0 Å². The first-order valence-corrected chi connectivity index (χ1v) is 17.2. The molecule has 0 amide bonds. The first-order chi connectivity index (χ1) is 17.2. The Balaban J connectivity index is 0.000000129. The van der Waals surface area contributed by atoms with Crippen LogP contribution in [0, 0.1) is 69.5 Å². The largest absolute Gasteiger partial charge is 0.0625 e. The van der Waals surface area contributed by atoms with Crippen LogP contribution in [0.5, 0.6) is 0 Å². The predicted molar refractivity (Wildman–Crippen MR) is 166 cm³/mol. The molecule has 8 saturated carbocycles. The lowest BCUT2D eigenvalue weighted by atomic mass is 9.41. The van der Waals surface area contributed by atoms with E-state index in [1.165, 1.54) is 51.4 Å². The average molecular weight is 515 g/mol. The SMILES string of the molecule is CC(C)C1(C)CCC1.CC(C)C12CC(C1)C2.CC(C)C1CC1.CC(C)C1CC12CC2.CC(C)C1CCC1. The molecule has 0 aromatic heterocycles. The lowest BCUT2D eigenvalue weighted by molar-refractivity contribution is -0.141. The summed E-state index contributed by atoms with van der Waals surface area (Å²) in [6.07, 6.45) is 21.2. The van der Waals surface area contributed by atoms with E-state index >= 15 is 0 Å². The molecule has 37 heavy (non-hydrogen) atoms. The van der Waals surface area contributed by atoms with Crippen molar-refractivity contribution in [3.8, 4) is 0 Å². The van der Waals surface area contributed by atoms with Crippen LogP contribution >= 0.6 is 0 Å². The molecule has 0 aromatic carbocycles. The summed E-state index contributed by atoms with van der Waals surface area (Å²) in [5.41, 5.74) is 2.53. The second kappa shape index (κ2) is 12.7. The van der Waals surface area contributed by atoms with Gasteiger partial charge >= 0.3 is 0 Å². The van der Waals surface area contributed by atoms with Gasteiger partial charge in [-0.25, -0.2) is 0 Å². The van der Waals surface area contributed by atoms with Gasteiger partial charge in [-0.3, -0.25) is 0 Å². The Kier molecular flexibility index (Phi) is 10.8. The Morgan fingerprint density at radius 1 is 0.514 bits per heavy atom. The van der Waals surface area contributed by atoms with E-state index in [1.54, 1.807) is 38.5 Å². The second-order valence-corrected chi connectivity index (χ2v) is 17.1. The molecule has 0 heteroatoms. The van der Waals surface area contributed by atoms with Gasteiger partial charge in [0.1, 0.15) is 0 Å². The molecule has 8 rings (SSSR count). The van der Waals surface area contributed by atoms with Gasteiger partial charge < -0.3 is 0 Å². The minimum Gasteiger partial charge on any atom is -0.0625 e.